The van der Waals surface area contributed by atoms with Crippen LogP contribution in [0.3, 0.4) is 0 Å². The average molecular weight is 415 g/mol. The third kappa shape index (κ3) is 6.36. The second-order valence-electron chi connectivity index (χ2n) is 7.92. The van der Waals surface area contributed by atoms with Crippen molar-refractivity contribution < 1.29 is 19.3 Å². The molecule has 1 fully saturated rings. The molecule has 1 aliphatic heterocycles. The van der Waals surface area contributed by atoms with Gasteiger partial charge in [-0.05, 0) is 49.1 Å². The highest BCUT2D eigenvalue weighted by atomic mass is 19.1. The number of aliphatic hydroxyl groups excluding tert-OH is 1. The first kappa shape index (κ1) is 22.4. The SMILES string of the molecule is CCC/C=C/c1cc(F)cc(OCC(O)CN2CCC(O)(c3ccccn3)CC2)c1. The number of pyridine rings is 1. The molecular formula is C24H31FN2O3. The number of likely N-dealkylation sites (tertiary alicyclic amines) is 1. The van der Waals surface area contributed by atoms with E-state index in [0.29, 0.717) is 43.9 Å². The Morgan fingerprint density at radius 1 is 1.27 bits per heavy atom. The summed E-state index contributed by atoms with van der Waals surface area (Å²) in [5.74, 6) is 0.0522. The fourth-order valence-electron chi connectivity index (χ4n) is 3.69. The molecule has 6 heteroatoms. The van der Waals surface area contributed by atoms with Gasteiger partial charge in [0.05, 0.1) is 5.69 Å². The quantitative estimate of drug-likeness (QED) is 0.654. The Hall–Kier alpha value is -2.28. The lowest BCUT2D eigenvalue weighted by molar-refractivity contribution is -0.0401. The summed E-state index contributed by atoms with van der Waals surface area (Å²) >= 11 is 0. The number of rotatable bonds is 9. The summed E-state index contributed by atoms with van der Waals surface area (Å²) in [6.45, 7) is 3.94. The van der Waals surface area contributed by atoms with E-state index in [1.807, 2.05) is 30.4 Å². The monoisotopic (exact) mass is 414 g/mol. The number of nitrogens with zero attached hydrogens (tertiary/aromatic N) is 2. The van der Waals surface area contributed by atoms with E-state index >= 15 is 0 Å². The molecule has 1 saturated heterocycles. The minimum absolute atomic E-state index is 0.0859. The van der Waals surface area contributed by atoms with Gasteiger partial charge in [-0.1, -0.05) is 31.6 Å². The van der Waals surface area contributed by atoms with Crippen molar-refractivity contribution >= 4 is 6.08 Å². The topological polar surface area (TPSA) is 65.8 Å². The number of benzene rings is 1. The lowest BCUT2D eigenvalue weighted by Crippen LogP contribution is -2.46. The van der Waals surface area contributed by atoms with Crippen LogP contribution in [-0.2, 0) is 5.60 Å². The predicted molar refractivity (Wildman–Crippen MR) is 116 cm³/mol. The molecule has 0 saturated carbocycles. The second kappa shape index (κ2) is 10.7. The van der Waals surface area contributed by atoms with Crippen LogP contribution in [0.1, 0.15) is 43.9 Å². The summed E-state index contributed by atoms with van der Waals surface area (Å²) in [6, 6.07) is 10.1. The van der Waals surface area contributed by atoms with Gasteiger partial charge in [0.1, 0.15) is 29.9 Å². The van der Waals surface area contributed by atoms with E-state index in [1.165, 1.54) is 12.1 Å². The van der Waals surface area contributed by atoms with Crippen molar-refractivity contribution in [3.8, 4) is 5.75 Å². The van der Waals surface area contributed by atoms with Crippen molar-refractivity contribution in [3.63, 3.8) is 0 Å². The van der Waals surface area contributed by atoms with E-state index in [9.17, 15) is 14.6 Å². The Bertz CT molecular complexity index is 820. The maximum Gasteiger partial charge on any atom is 0.127 e. The zero-order chi connectivity index (χ0) is 21.4. The smallest absolute Gasteiger partial charge is 0.127 e. The van der Waals surface area contributed by atoms with E-state index in [-0.39, 0.29) is 12.4 Å². The molecule has 0 radical (unpaired) electrons. The number of aliphatic hydroxyl groups is 2. The molecule has 0 bridgehead atoms. The van der Waals surface area contributed by atoms with Gasteiger partial charge in [-0.15, -0.1) is 0 Å². The molecule has 1 aromatic heterocycles. The molecule has 162 valence electrons. The molecule has 5 nitrogen and oxygen atoms in total. The zero-order valence-electron chi connectivity index (χ0n) is 17.5. The Morgan fingerprint density at radius 3 is 2.77 bits per heavy atom. The summed E-state index contributed by atoms with van der Waals surface area (Å²) in [7, 11) is 0. The molecule has 0 aliphatic carbocycles. The van der Waals surface area contributed by atoms with Gasteiger partial charge in [0.25, 0.3) is 0 Å². The number of β-amino-alcohol motifs (C(OH)–C–C–N with tert-alkyl or cyclic N) is 1. The average Bonchev–Trinajstić information content (AvgIpc) is 2.75. The van der Waals surface area contributed by atoms with Gasteiger partial charge in [-0.2, -0.15) is 0 Å². The second-order valence-corrected chi connectivity index (χ2v) is 7.92. The lowest BCUT2D eigenvalue weighted by atomic mass is 9.87. The summed E-state index contributed by atoms with van der Waals surface area (Å²) in [4.78, 5) is 6.39. The lowest BCUT2D eigenvalue weighted by Gasteiger charge is -2.38. The third-order valence-electron chi connectivity index (χ3n) is 5.40. The van der Waals surface area contributed by atoms with Crippen molar-refractivity contribution in [2.24, 2.45) is 0 Å². The van der Waals surface area contributed by atoms with Crippen molar-refractivity contribution in [2.45, 2.75) is 44.3 Å². The Labute approximate surface area is 177 Å². The highest BCUT2D eigenvalue weighted by Crippen LogP contribution is 2.31. The minimum Gasteiger partial charge on any atom is -0.491 e. The van der Waals surface area contributed by atoms with Crippen molar-refractivity contribution in [1.82, 2.24) is 9.88 Å². The van der Waals surface area contributed by atoms with E-state index < -0.39 is 11.7 Å². The molecule has 1 aliphatic rings. The molecule has 3 rings (SSSR count). The summed E-state index contributed by atoms with van der Waals surface area (Å²) in [5.41, 5.74) is 0.531. The number of allylic oxidation sites excluding steroid dienone is 1. The zero-order valence-corrected chi connectivity index (χ0v) is 17.5. The first-order chi connectivity index (χ1) is 14.5. The number of halogens is 1. The van der Waals surface area contributed by atoms with Gasteiger partial charge in [-0.25, -0.2) is 4.39 Å². The fourth-order valence-corrected chi connectivity index (χ4v) is 3.69. The number of unbranched alkanes of at least 4 members (excludes halogenated alkanes) is 1. The first-order valence-electron chi connectivity index (χ1n) is 10.6. The Kier molecular flexibility index (Phi) is 7.96. The number of piperidine rings is 1. The van der Waals surface area contributed by atoms with Crippen LogP contribution in [0.15, 0.2) is 48.7 Å². The number of hydrogen-bond donors (Lipinski definition) is 2. The Morgan fingerprint density at radius 2 is 2.07 bits per heavy atom. The normalized spacial score (nSPS) is 17.9. The molecule has 0 amide bonds. The van der Waals surface area contributed by atoms with Gasteiger partial charge in [-0.3, -0.25) is 4.98 Å². The van der Waals surface area contributed by atoms with Crippen LogP contribution in [0.4, 0.5) is 4.39 Å². The van der Waals surface area contributed by atoms with Crippen LogP contribution in [-0.4, -0.2) is 52.4 Å². The molecule has 1 unspecified atom stereocenters. The van der Waals surface area contributed by atoms with Gasteiger partial charge >= 0.3 is 0 Å². The van der Waals surface area contributed by atoms with E-state index in [4.69, 9.17) is 4.74 Å². The molecular weight excluding hydrogens is 383 g/mol. The molecule has 1 atom stereocenters. The van der Waals surface area contributed by atoms with Crippen molar-refractivity contribution in [3.05, 3.63) is 65.7 Å². The van der Waals surface area contributed by atoms with E-state index in [1.54, 1.807) is 12.3 Å². The number of ether oxygens (including phenoxy) is 1. The molecule has 2 aromatic rings. The summed E-state index contributed by atoms with van der Waals surface area (Å²) in [6.07, 6.45) is 7.99. The van der Waals surface area contributed by atoms with Crippen molar-refractivity contribution in [1.29, 1.82) is 0 Å². The maximum absolute atomic E-state index is 13.8. The number of aromatic nitrogens is 1. The van der Waals surface area contributed by atoms with Gasteiger partial charge in [0, 0.05) is 31.9 Å². The van der Waals surface area contributed by atoms with Crippen LogP contribution in [0, 0.1) is 5.82 Å². The predicted octanol–water partition coefficient (Wildman–Crippen LogP) is 3.76. The molecule has 1 aromatic carbocycles. The summed E-state index contributed by atoms with van der Waals surface area (Å²) in [5, 5.41) is 21.2. The minimum atomic E-state index is -0.914. The molecule has 0 spiro atoms. The largest absolute Gasteiger partial charge is 0.491 e. The van der Waals surface area contributed by atoms with E-state index in [2.05, 4.69) is 16.8 Å². The highest BCUT2D eigenvalue weighted by molar-refractivity contribution is 5.52. The molecule has 2 N–H and O–H groups in total. The highest BCUT2D eigenvalue weighted by Gasteiger charge is 2.35. The maximum atomic E-state index is 13.8. The Balaban J connectivity index is 1.47. The van der Waals surface area contributed by atoms with Crippen LogP contribution in [0.2, 0.25) is 0 Å². The van der Waals surface area contributed by atoms with E-state index in [0.717, 1.165) is 18.4 Å². The first-order valence-corrected chi connectivity index (χ1v) is 10.6. The standard InChI is InChI=1S/C24H31FN2O3/c1-2-3-4-7-19-14-20(25)16-22(15-19)30-18-21(28)17-27-12-9-24(29,10-13-27)23-8-5-6-11-26-23/h4-8,11,14-16,21,28-29H,2-3,9-10,12-13,17-18H2,1H3/b7-4+. The van der Waals surface area contributed by atoms with Gasteiger partial charge in [0.15, 0.2) is 0 Å². The fraction of sp³-hybridized carbons (Fsp3) is 0.458. The third-order valence-corrected chi connectivity index (χ3v) is 5.40. The molecule has 30 heavy (non-hydrogen) atoms. The number of hydrogen-bond acceptors (Lipinski definition) is 5. The van der Waals surface area contributed by atoms with Crippen LogP contribution < -0.4 is 4.74 Å². The van der Waals surface area contributed by atoms with Crippen LogP contribution in [0.25, 0.3) is 6.08 Å². The summed E-state index contributed by atoms with van der Waals surface area (Å²) < 4.78 is 19.5. The van der Waals surface area contributed by atoms with Gasteiger partial charge < -0.3 is 19.8 Å². The van der Waals surface area contributed by atoms with Crippen LogP contribution >= 0.6 is 0 Å². The van der Waals surface area contributed by atoms with Crippen molar-refractivity contribution in [2.75, 3.05) is 26.2 Å². The van der Waals surface area contributed by atoms with Gasteiger partial charge in [0.2, 0.25) is 0 Å². The molecule has 2 heterocycles. The van der Waals surface area contributed by atoms with Crippen LogP contribution in [0.5, 0.6) is 5.75 Å².